The van der Waals surface area contributed by atoms with Crippen LogP contribution in [0.1, 0.15) is 20.7 Å². The SMILES string of the molecule is CN(C)C(=O)c1ccc(NC(=O)COC(=O)c2ccccc2NCCO)cc1. The molecule has 0 atom stereocenters. The van der Waals surface area contributed by atoms with Gasteiger partial charge in [-0.2, -0.15) is 0 Å². The first kappa shape index (κ1) is 20.9. The number of amides is 2. The molecule has 0 fully saturated rings. The van der Waals surface area contributed by atoms with E-state index in [-0.39, 0.29) is 24.6 Å². The van der Waals surface area contributed by atoms with Gasteiger partial charge in [0, 0.05) is 37.6 Å². The molecule has 0 heterocycles. The van der Waals surface area contributed by atoms with Crippen LogP contribution < -0.4 is 10.6 Å². The zero-order valence-corrected chi connectivity index (χ0v) is 15.8. The molecule has 28 heavy (non-hydrogen) atoms. The number of hydrogen-bond acceptors (Lipinski definition) is 6. The lowest BCUT2D eigenvalue weighted by Crippen LogP contribution is -2.22. The van der Waals surface area contributed by atoms with E-state index in [2.05, 4.69) is 10.6 Å². The molecule has 0 bridgehead atoms. The van der Waals surface area contributed by atoms with Gasteiger partial charge in [0.2, 0.25) is 0 Å². The highest BCUT2D eigenvalue weighted by Gasteiger charge is 2.14. The number of carbonyl (C=O) groups is 3. The van der Waals surface area contributed by atoms with Gasteiger partial charge < -0.3 is 25.4 Å². The minimum atomic E-state index is -0.650. The Morgan fingerprint density at radius 1 is 1.04 bits per heavy atom. The average molecular weight is 385 g/mol. The molecule has 3 N–H and O–H groups in total. The molecule has 2 aromatic carbocycles. The summed E-state index contributed by atoms with van der Waals surface area (Å²) in [5, 5.41) is 14.4. The number of benzene rings is 2. The number of para-hydroxylation sites is 1. The van der Waals surface area contributed by atoms with Crippen LogP contribution >= 0.6 is 0 Å². The second-order valence-electron chi connectivity index (χ2n) is 6.10. The lowest BCUT2D eigenvalue weighted by atomic mass is 10.2. The van der Waals surface area contributed by atoms with Gasteiger partial charge in [-0.1, -0.05) is 12.1 Å². The number of aliphatic hydroxyl groups is 1. The number of hydrogen-bond donors (Lipinski definition) is 3. The molecule has 0 aliphatic rings. The second-order valence-corrected chi connectivity index (χ2v) is 6.10. The summed E-state index contributed by atoms with van der Waals surface area (Å²) in [7, 11) is 3.31. The zero-order valence-electron chi connectivity index (χ0n) is 15.8. The predicted octanol–water partition coefficient (Wildman–Crippen LogP) is 1.59. The molecule has 2 amide bonds. The largest absolute Gasteiger partial charge is 0.452 e. The fourth-order valence-electron chi connectivity index (χ4n) is 2.37. The van der Waals surface area contributed by atoms with Gasteiger partial charge in [-0.3, -0.25) is 9.59 Å². The second kappa shape index (κ2) is 10.1. The van der Waals surface area contributed by atoms with E-state index in [1.54, 1.807) is 62.6 Å². The van der Waals surface area contributed by atoms with Crippen molar-refractivity contribution in [3.05, 3.63) is 59.7 Å². The normalized spacial score (nSPS) is 10.1. The summed E-state index contributed by atoms with van der Waals surface area (Å²) in [4.78, 5) is 37.5. The number of ether oxygens (including phenoxy) is 1. The minimum Gasteiger partial charge on any atom is -0.452 e. The molecule has 0 aromatic heterocycles. The van der Waals surface area contributed by atoms with Crippen LogP contribution in [0, 0.1) is 0 Å². The van der Waals surface area contributed by atoms with Gasteiger partial charge in [0.1, 0.15) is 0 Å². The molecule has 0 spiro atoms. The Kier molecular flexibility index (Phi) is 7.53. The minimum absolute atomic E-state index is 0.0787. The standard InChI is InChI=1S/C20H23N3O5/c1-23(2)19(26)14-7-9-15(10-8-14)22-18(25)13-28-20(27)16-5-3-4-6-17(16)21-11-12-24/h3-10,21,24H,11-13H2,1-2H3,(H,22,25). The third-order valence-corrected chi connectivity index (χ3v) is 3.73. The van der Waals surface area contributed by atoms with E-state index < -0.39 is 18.5 Å². The highest BCUT2D eigenvalue weighted by atomic mass is 16.5. The van der Waals surface area contributed by atoms with Crippen LogP contribution in [0.25, 0.3) is 0 Å². The van der Waals surface area contributed by atoms with Crippen LogP contribution in [0.4, 0.5) is 11.4 Å². The smallest absolute Gasteiger partial charge is 0.340 e. The van der Waals surface area contributed by atoms with E-state index in [0.29, 0.717) is 16.9 Å². The maximum absolute atomic E-state index is 12.2. The molecule has 0 aliphatic carbocycles. The molecular formula is C20H23N3O5. The molecule has 0 radical (unpaired) electrons. The van der Waals surface area contributed by atoms with Crippen LogP contribution in [0.2, 0.25) is 0 Å². The van der Waals surface area contributed by atoms with Gasteiger partial charge in [-0.05, 0) is 36.4 Å². The van der Waals surface area contributed by atoms with Crippen LogP contribution in [-0.2, 0) is 9.53 Å². The Bertz CT molecular complexity index is 834. The Morgan fingerprint density at radius 2 is 1.71 bits per heavy atom. The van der Waals surface area contributed by atoms with E-state index >= 15 is 0 Å². The monoisotopic (exact) mass is 385 g/mol. The maximum atomic E-state index is 12.2. The fraction of sp³-hybridized carbons (Fsp3) is 0.250. The Balaban J connectivity index is 1.90. The Morgan fingerprint density at radius 3 is 2.36 bits per heavy atom. The number of esters is 1. The molecule has 0 saturated carbocycles. The van der Waals surface area contributed by atoms with E-state index in [0.717, 1.165) is 0 Å². The molecule has 2 rings (SSSR count). The fourth-order valence-corrected chi connectivity index (χ4v) is 2.37. The molecular weight excluding hydrogens is 362 g/mol. The molecule has 0 unspecified atom stereocenters. The molecule has 148 valence electrons. The first-order chi connectivity index (χ1) is 13.4. The van der Waals surface area contributed by atoms with Gasteiger partial charge in [-0.25, -0.2) is 4.79 Å². The predicted molar refractivity (Wildman–Crippen MR) is 105 cm³/mol. The third kappa shape index (κ3) is 5.82. The lowest BCUT2D eigenvalue weighted by molar-refractivity contribution is -0.119. The van der Waals surface area contributed by atoms with Crippen LogP contribution in [-0.4, -0.2) is 61.6 Å². The van der Waals surface area contributed by atoms with E-state index in [4.69, 9.17) is 9.84 Å². The van der Waals surface area contributed by atoms with Gasteiger partial charge in [0.05, 0.1) is 12.2 Å². The molecule has 2 aromatic rings. The van der Waals surface area contributed by atoms with Gasteiger partial charge in [-0.15, -0.1) is 0 Å². The molecule has 8 nitrogen and oxygen atoms in total. The average Bonchev–Trinajstić information content (AvgIpc) is 2.70. The molecule has 0 saturated heterocycles. The van der Waals surface area contributed by atoms with Crippen molar-refractivity contribution in [2.24, 2.45) is 0 Å². The van der Waals surface area contributed by atoms with Crippen molar-refractivity contribution in [3.63, 3.8) is 0 Å². The van der Waals surface area contributed by atoms with E-state index in [9.17, 15) is 14.4 Å². The summed E-state index contributed by atoms with van der Waals surface area (Å²) in [6.45, 7) is -0.243. The van der Waals surface area contributed by atoms with Crippen molar-refractivity contribution in [3.8, 4) is 0 Å². The summed E-state index contributed by atoms with van der Waals surface area (Å²) < 4.78 is 5.06. The summed E-state index contributed by atoms with van der Waals surface area (Å²) in [5.41, 5.74) is 1.78. The van der Waals surface area contributed by atoms with Gasteiger partial charge in [0.15, 0.2) is 6.61 Å². The van der Waals surface area contributed by atoms with Crippen LogP contribution in [0.15, 0.2) is 48.5 Å². The number of anilines is 2. The topological polar surface area (TPSA) is 108 Å². The van der Waals surface area contributed by atoms with E-state index in [1.165, 1.54) is 4.90 Å². The van der Waals surface area contributed by atoms with Crippen LogP contribution in [0.5, 0.6) is 0 Å². The van der Waals surface area contributed by atoms with Crippen molar-refractivity contribution in [1.29, 1.82) is 0 Å². The van der Waals surface area contributed by atoms with Gasteiger partial charge >= 0.3 is 5.97 Å². The summed E-state index contributed by atoms with van der Waals surface area (Å²) in [6, 6.07) is 13.1. The van der Waals surface area contributed by atoms with Crippen molar-refractivity contribution >= 4 is 29.2 Å². The number of nitrogens with zero attached hydrogens (tertiary/aromatic N) is 1. The van der Waals surface area contributed by atoms with Crippen molar-refractivity contribution in [2.75, 3.05) is 44.5 Å². The first-order valence-corrected chi connectivity index (χ1v) is 8.65. The lowest BCUT2D eigenvalue weighted by Gasteiger charge is -2.12. The van der Waals surface area contributed by atoms with Gasteiger partial charge in [0.25, 0.3) is 11.8 Å². The zero-order chi connectivity index (χ0) is 20.5. The van der Waals surface area contributed by atoms with Crippen molar-refractivity contribution in [2.45, 2.75) is 0 Å². The van der Waals surface area contributed by atoms with Crippen LogP contribution in [0.3, 0.4) is 0 Å². The maximum Gasteiger partial charge on any atom is 0.340 e. The Hall–Kier alpha value is -3.39. The highest BCUT2D eigenvalue weighted by molar-refractivity contribution is 5.99. The highest BCUT2D eigenvalue weighted by Crippen LogP contribution is 2.16. The number of rotatable bonds is 8. The quantitative estimate of drug-likeness (QED) is 0.596. The number of nitrogens with one attached hydrogen (secondary N) is 2. The molecule has 0 aliphatic heterocycles. The third-order valence-electron chi connectivity index (χ3n) is 3.73. The number of aliphatic hydroxyl groups excluding tert-OH is 1. The summed E-state index contributed by atoms with van der Waals surface area (Å²) in [5.74, 6) is -1.29. The van der Waals surface area contributed by atoms with Crippen molar-refractivity contribution in [1.82, 2.24) is 4.90 Å². The summed E-state index contributed by atoms with van der Waals surface area (Å²) >= 11 is 0. The number of carbonyl (C=O) groups excluding carboxylic acids is 3. The van der Waals surface area contributed by atoms with Crippen molar-refractivity contribution < 1.29 is 24.2 Å². The first-order valence-electron chi connectivity index (χ1n) is 8.65. The van der Waals surface area contributed by atoms with E-state index in [1.807, 2.05) is 0 Å². The summed E-state index contributed by atoms with van der Waals surface area (Å²) in [6.07, 6.45) is 0. The molecule has 8 heteroatoms. The Labute approximate surface area is 163 Å².